The van der Waals surface area contributed by atoms with E-state index in [1.54, 1.807) is 30.6 Å². The Morgan fingerprint density at radius 3 is 2.35 bits per heavy atom. The first-order valence-electron chi connectivity index (χ1n) is 6.98. The van der Waals surface area contributed by atoms with E-state index in [0.29, 0.717) is 27.9 Å². The van der Waals surface area contributed by atoms with Gasteiger partial charge in [-0.2, -0.15) is 0 Å². The van der Waals surface area contributed by atoms with Crippen molar-refractivity contribution in [3.63, 3.8) is 0 Å². The fourth-order valence-electron chi connectivity index (χ4n) is 2.74. The molecule has 3 nitrogen and oxygen atoms in total. The van der Waals surface area contributed by atoms with Crippen molar-refractivity contribution in [1.82, 2.24) is 10.6 Å². The lowest BCUT2D eigenvalue weighted by molar-refractivity contribution is 0.580. The second kappa shape index (κ2) is 5.28. The van der Waals surface area contributed by atoms with Crippen LogP contribution in [-0.4, -0.2) is 0 Å². The van der Waals surface area contributed by atoms with Crippen LogP contribution >= 0.6 is 11.6 Å². The number of benzene rings is 2. The largest absolute Gasteiger partial charge is 0.456 e. The van der Waals surface area contributed by atoms with Crippen LogP contribution in [0.2, 0.25) is 5.02 Å². The summed E-state index contributed by atoms with van der Waals surface area (Å²) in [5, 5.41) is 6.50. The Morgan fingerprint density at radius 2 is 1.65 bits per heavy atom. The summed E-state index contributed by atoms with van der Waals surface area (Å²) in [7, 11) is 0. The number of halogens is 3. The SMILES string of the molecule is Fc1ccc(-c2oc3ccc(Cl)c(F)c3c2C2NC=CN2)cc1. The zero-order valence-corrected chi connectivity index (χ0v) is 12.5. The summed E-state index contributed by atoms with van der Waals surface area (Å²) in [4.78, 5) is 0. The molecular weight excluding hydrogens is 322 g/mol. The first kappa shape index (κ1) is 14.1. The molecular formula is C17H11ClF2N2O. The molecule has 116 valence electrons. The molecule has 2 N–H and O–H groups in total. The van der Waals surface area contributed by atoms with Crippen molar-refractivity contribution in [1.29, 1.82) is 0 Å². The predicted molar refractivity (Wildman–Crippen MR) is 84.7 cm³/mol. The highest BCUT2D eigenvalue weighted by Crippen LogP contribution is 2.40. The van der Waals surface area contributed by atoms with Gasteiger partial charge in [0, 0.05) is 18.0 Å². The molecule has 0 radical (unpaired) electrons. The Bertz CT molecular complexity index is 910. The molecule has 0 atom stereocenters. The first-order valence-corrected chi connectivity index (χ1v) is 7.36. The van der Waals surface area contributed by atoms with E-state index in [4.69, 9.17) is 16.0 Å². The van der Waals surface area contributed by atoms with Gasteiger partial charge >= 0.3 is 0 Å². The molecule has 3 aromatic rings. The van der Waals surface area contributed by atoms with E-state index in [2.05, 4.69) is 10.6 Å². The zero-order chi connectivity index (χ0) is 16.0. The van der Waals surface area contributed by atoms with Crippen molar-refractivity contribution < 1.29 is 13.2 Å². The van der Waals surface area contributed by atoms with Crippen LogP contribution in [0.15, 0.2) is 53.2 Å². The first-order chi connectivity index (χ1) is 11.1. The molecule has 0 amide bonds. The topological polar surface area (TPSA) is 37.2 Å². The van der Waals surface area contributed by atoms with Crippen LogP contribution in [0, 0.1) is 11.6 Å². The van der Waals surface area contributed by atoms with E-state index in [9.17, 15) is 8.78 Å². The smallest absolute Gasteiger partial charge is 0.153 e. The molecule has 0 fully saturated rings. The van der Waals surface area contributed by atoms with Crippen molar-refractivity contribution in [2.75, 3.05) is 0 Å². The molecule has 6 heteroatoms. The lowest BCUT2D eigenvalue weighted by Gasteiger charge is -2.13. The molecule has 23 heavy (non-hydrogen) atoms. The van der Waals surface area contributed by atoms with Crippen LogP contribution in [0.5, 0.6) is 0 Å². The van der Waals surface area contributed by atoms with Gasteiger partial charge in [0.05, 0.1) is 16.0 Å². The minimum atomic E-state index is -0.535. The van der Waals surface area contributed by atoms with Gasteiger partial charge in [0.1, 0.15) is 23.3 Å². The fraction of sp³-hybridized carbons (Fsp3) is 0.0588. The highest BCUT2D eigenvalue weighted by Gasteiger charge is 2.27. The number of hydrogen-bond donors (Lipinski definition) is 2. The second-order valence-corrected chi connectivity index (χ2v) is 5.59. The van der Waals surface area contributed by atoms with Crippen LogP contribution in [-0.2, 0) is 0 Å². The molecule has 2 aromatic carbocycles. The Kier molecular flexibility index (Phi) is 3.23. The van der Waals surface area contributed by atoms with Crippen molar-refractivity contribution >= 4 is 22.6 Å². The average molecular weight is 333 g/mol. The number of fused-ring (bicyclic) bond motifs is 1. The van der Waals surface area contributed by atoms with Gasteiger partial charge in [-0.15, -0.1) is 0 Å². The Labute approximate surface area is 135 Å². The summed E-state index contributed by atoms with van der Waals surface area (Å²) in [6.45, 7) is 0. The Hall–Kier alpha value is -2.53. The molecule has 1 aliphatic heterocycles. The van der Waals surface area contributed by atoms with Crippen molar-refractivity contribution in [2.45, 2.75) is 6.17 Å². The van der Waals surface area contributed by atoms with E-state index < -0.39 is 5.82 Å². The van der Waals surface area contributed by atoms with Crippen molar-refractivity contribution in [2.24, 2.45) is 0 Å². The molecule has 0 saturated heterocycles. The summed E-state index contributed by atoms with van der Waals surface area (Å²) in [5.74, 6) is -0.416. The van der Waals surface area contributed by atoms with Crippen LogP contribution in [0.4, 0.5) is 8.78 Å². The summed E-state index contributed by atoms with van der Waals surface area (Å²) >= 11 is 5.92. The van der Waals surface area contributed by atoms with E-state index in [0.717, 1.165) is 0 Å². The molecule has 0 bridgehead atoms. The summed E-state index contributed by atoms with van der Waals surface area (Å²) in [6.07, 6.45) is 3.09. The maximum atomic E-state index is 14.6. The standard InChI is InChI=1S/C17H11ClF2N2O/c18-11-5-6-12-13(15(11)20)14(17-21-7-8-22-17)16(23-12)9-1-3-10(19)4-2-9/h1-8,17,21-22H. The quantitative estimate of drug-likeness (QED) is 0.714. The van der Waals surface area contributed by atoms with E-state index >= 15 is 0 Å². The Balaban J connectivity index is 2.01. The molecule has 0 unspecified atom stereocenters. The van der Waals surface area contributed by atoms with Crippen molar-refractivity contribution in [3.8, 4) is 11.3 Å². The maximum absolute atomic E-state index is 14.6. The van der Waals surface area contributed by atoms with Gasteiger partial charge in [0.2, 0.25) is 0 Å². The summed E-state index contributed by atoms with van der Waals surface area (Å²) < 4.78 is 33.6. The van der Waals surface area contributed by atoms with E-state index in [1.165, 1.54) is 18.2 Å². The van der Waals surface area contributed by atoms with Gasteiger partial charge in [-0.05, 0) is 36.4 Å². The van der Waals surface area contributed by atoms with Gasteiger partial charge < -0.3 is 15.1 Å². The van der Waals surface area contributed by atoms with Crippen molar-refractivity contribution in [3.05, 3.63) is 71.0 Å². The lowest BCUT2D eigenvalue weighted by Crippen LogP contribution is -2.21. The fourth-order valence-corrected chi connectivity index (χ4v) is 2.90. The minimum absolute atomic E-state index is 0.0242. The third kappa shape index (κ3) is 2.24. The third-order valence-corrected chi connectivity index (χ3v) is 4.08. The van der Waals surface area contributed by atoms with Crippen LogP contribution in [0.3, 0.4) is 0 Å². The highest BCUT2D eigenvalue weighted by molar-refractivity contribution is 6.31. The normalized spacial score (nSPS) is 14.2. The molecule has 0 saturated carbocycles. The van der Waals surface area contributed by atoms with Gasteiger partial charge in [0.15, 0.2) is 5.82 Å². The van der Waals surface area contributed by atoms with Crippen LogP contribution in [0.1, 0.15) is 11.7 Å². The van der Waals surface area contributed by atoms with Crippen LogP contribution < -0.4 is 10.6 Å². The number of rotatable bonds is 2. The van der Waals surface area contributed by atoms with Gasteiger partial charge in [-0.3, -0.25) is 0 Å². The van der Waals surface area contributed by atoms with E-state index in [-0.39, 0.29) is 17.0 Å². The minimum Gasteiger partial charge on any atom is -0.456 e. The average Bonchev–Trinajstić information content (AvgIpc) is 3.19. The second-order valence-electron chi connectivity index (χ2n) is 5.19. The molecule has 1 aromatic heterocycles. The van der Waals surface area contributed by atoms with Crippen LogP contribution in [0.25, 0.3) is 22.3 Å². The molecule has 2 heterocycles. The number of nitrogens with one attached hydrogen (secondary N) is 2. The number of hydrogen-bond acceptors (Lipinski definition) is 3. The monoisotopic (exact) mass is 332 g/mol. The maximum Gasteiger partial charge on any atom is 0.153 e. The molecule has 0 aliphatic carbocycles. The summed E-state index contributed by atoms with van der Waals surface area (Å²) in [5.41, 5.74) is 1.64. The predicted octanol–water partition coefficient (Wildman–Crippen LogP) is 4.69. The third-order valence-electron chi connectivity index (χ3n) is 3.79. The van der Waals surface area contributed by atoms with Gasteiger partial charge in [-0.25, -0.2) is 8.78 Å². The molecule has 0 spiro atoms. The Morgan fingerprint density at radius 1 is 0.957 bits per heavy atom. The zero-order valence-electron chi connectivity index (χ0n) is 11.7. The van der Waals surface area contributed by atoms with Gasteiger partial charge in [0.25, 0.3) is 0 Å². The molecule has 4 rings (SSSR count). The lowest BCUT2D eigenvalue weighted by atomic mass is 10.0. The van der Waals surface area contributed by atoms with Gasteiger partial charge in [-0.1, -0.05) is 11.6 Å². The number of furan rings is 1. The highest BCUT2D eigenvalue weighted by atomic mass is 35.5. The summed E-state index contributed by atoms with van der Waals surface area (Å²) in [6, 6.07) is 8.94. The van der Waals surface area contributed by atoms with E-state index in [1.807, 2.05) is 0 Å². The molecule has 1 aliphatic rings.